The van der Waals surface area contributed by atoms with E-state index in [0.29, 0.717) is 0 Å². The van der Waals surface area contributed by atoms with Crippen LogP contribution in [0.25, 0.3) is 0 Å². The molecule has 2 amide bonds. The van der Waals surface area contributed by atoms with Crippen molar-refractivity contribution in [2.75, 3.05) is 10.6 Å². The molecule has 0 unspecified atom stereocenters. The van der Waals surface area contributed by atoms with Crippen molar-refractivity contribution in [1.29, 1.82) is 0 Å². The lowest BCUT2D eigenvalue weighted by molar-refractivity contribution is -0.385. The quantitative estimate of drug-likeness (QED) is 0.467. The van der Waals surface area contributed by atoms with Gasteiger partial charge in [-0.2, -0.15) is 0 Å². The number of non-ortho nitro benzene ring substituents is 2. The Labute approximate surface area is 169 Å². The molecule has 3 rings (SSSR count). The summed E-state index contributed by atoms with van der Waals surface area (Å²) in [6, 6.07) is 16.7. The molecule has 2 N–H and O–H groups in total. The van der Waals surface area contributed by atoms with Crippen LogP contribution >= 0.6 is 0 Å². The Hall–Kier alpha value is -4.60. The molecule has 150 valence electrons. The molecule has 0 aliphatic carbocycles. The van der Waals surface area contributed by atoms with Crippen molar-refractivity contribution >= 4 is 34.6 Å². The minimum atomic E-state index is -0.565. The van der Waals surface area contributed by atoms with Crippen LogP contribution in [0.15, 0.2) is 72.8 Å². The predicted molar refractivity (Wildman–Crippen MR) is 109 cm³/mol. The first kappa shape index (κ1) is 20.1. The van der Waals surface area contributed by atoms with E-state index in [1.165, 1.54) is 72.8 Å². The van der Waals surface area contributed by atoms with Crippen molar-refractivity contribution in [3.63, 3.8) is 0 Å². The molecule has 30 heavy (non-hydrogen) atoms. The molecule has 0 aliphatic rings. The largest absolute Gasteiger partial charge is 0.322 e. The Bertz CT molecular complexity index is 1050. The van der Waals surface area contributed by atoms with E-state index in [9.17, 15) is 29.8 Å². The highest BCUT2D eigenvalue weighted by molar-refractivity contribution is 6.07. The Kier molecular flexibility index (Phi) is 5.78. The standard InChI is InChI=1S/C20H14N4O6/c25-19(21-15-3-1-5-17(11-15)23(27)28)13-7-9-14(10-8-13)20(26)22-16-4-2-6-18(12-16)24(29)30/h1-12H,(H,21,25)(H,22,26). The number of anilines is 2. The molecule has 0 aromatic heterocycles. The Balaban J connectivity index is 1.68. The van der Waals surface area contributed by atoms with Gasteiger partial charge in [-0.25, -0.2) is 0 Å². The Morgan fingerprint density at radius 2 is 1.00 bits per heavy atom. The van der Waals surface area contributed by atoms with Crippen LogP contribution in [-0.2, 0) is 0 Å². The van der Waals surface area contributed by atoms with Crippen molar-refractivity contribution in [1.82, 2.24) is 0 Å². The highest BCUT2D eigenvalue weighted by Crippen LogP contribution is 2.19. The van der Waals surface area contributed by atoms with Crippen LogP contribution < -0.4 is 10.6 Å². The van der Waals surface area contributed by atoms with E-state index >= 15 is 0 Å². The van der Waals surface area contributed by atoms with E-state index in [0.717, 1.165) is 0 Å². The van der Waals surface area contributed by atoms with Gasteiger partial charge in [0.15, 0.2) is 0 Å². The van der Waals surface area contributed by atoms with Gasteiger partial charge in [0.1, 0.15) is 0 Å². The molecule has 0 saturated heterocycles. The summed E-state index contributed by atoms with van der Waals surface area (Å²) < 4.78 is 0. The summed E-state index contributed by atoms with van der Waals surface area (Å²) in [5.74, 6) is -0.998. The molecule has 3 aromatic rings. The molecule has 10 nitrogen and oxygen atoms in total. The van der Waals surface area contributed by atoms with Crippen molar-refractivity contribution in [2.45, 2.75) is 0 Å². The number of benzene rings is 3. The molecule has 0 atom stereocenters. The normalized spacial score (nSPS) is 10.1. The zero-order chi connectivity index (χ0) is 21.7. The molecular formula is C20H14N4O6. The predicted octanol–water partition coefficient (Wildman–Crippen LogP) is 4.01. The fraction of sp³-hybridized carbons (Fsp3) is 0. The number of nitrogens with one attached hydrogen (secondary N) is 2. The van der Waals surface area contributed by atoms with Gasteiger partial charge in [0.2, 0.25) is 0 Å². The number of rotatable bonds is 6. The smallest absolute Gasteiger partial charge is 0.271 e. The van der Waals surface area contributed by atoms with E-state index in [-0.39, 0.29) is 33.9 Å². The summed E-state index contributed by atoms with van der Waals surface area (Å²) in [6.07, 6.45) is 0. The average molecular weight is 406 g/mol. The van der Waals surface area contributed by atoms with Gasteiger partial charge in [0.05, 0.1) is 9.85 Å². The highest BCUT2D eigenvalue weighted by atomic mass is 16.6. The van der Waals surface area contributed by atoms with E-state index in [4.69, 9.17) is 0 Å². The summed E-state index contributed by atoms with van der Waals surface area (Å²) in [4.78, 5) is 45.1. The van der Waals surface area contributed by atoms with Gasteiger partial charge in [-0.15, -0.1) is 0 Å². The lowest BCUT2D eigenvalue weighted by Crippen LogP contribution is -2.14. The van der Waals surface area contributed by atoms with Crippen LogP contribution in [0.5, 0.6) is 0 Å². The third kappa shape index (κ3) is 4.81. The molecule has 10 heteroatoms. The molecule has 3 aromatic carbocycles. The first-order valence-electron chi connectivity index (χ1n) is 8.55. The SMILES string of the molecule is O=C(Nc1cccc([N+](=O)[O-])c1)c1ccc(C(=O)Nc2cccc([N+](=O)[O-])c2)cc1. The second-order valence-corrected chi connectivity index (χ2v) is 6.10. The van der Waals surface area contributed by atoms with Gasteiger partial charge < -0.3 is 10.6 Å². The molecule has 0 radical (unpaired) electrons. The van der Waals surface area contributed by atoms with Gasteiger partial charge in [-0.05, 0) is 36.4 Å². The summed E-state index contributed by atoms with van der Waals surface area (Å²) in [7, 11) is 0. The molecule has 0 fully saturated rings. The van der Waals surface area contributed by atoms with Crippen LogP contribution in [0.3, 0.4) is 0 Å². The summed E-state index contributed by atoms with van der Waals surface area (Å²) >= 11 is 0. The lowest BCUT2D eigenvalue weighted by atomic mass is 10.1. The topological polar surface area (TPSA) is 144 Å². The number of nitrogens with zero attached hydrogens (tertiary/aromatic N) is 2. The second kappa shape index (κ2) is 8.61. The number of carbonyl (C=O) groups is 2. The van der Waals surface area contributed by atoms with Crippen molar-refractivity contribution in [3.05, 3.63) is 104 Å². The second-order valence-electron chi connectivity index (χ2n) is 6.10. The number of nitro benzene ring substituents is 2. The van der Waals surface area contributed by atoms with Gasteiger partial charge in [0.25, 0.3) is 23.2 Å². The van der Waals surface area contributed by atoms with Crippen molar-refractivity contribution < 1.29 is 19.4 Å². The van der Waals surface area contributed by atoms with E-state index in [1.807, 2.05) is 0 Å². The van der Waals surface area contributed by atoms with Crippen LogP contribution in [0, 0.1) is 20.2 Å². The number of amides is 2. The van der Waals surface area contributed by atoms with Gasteiger partial charge in [-0.3, -0.25) is 29.8 Å². The monoisotopic (exact) mass is 406 g/mol. The molecule has 0 saturated carbocycles. The first-order chi connectivity index (χ1) is 14.3. The van der Waals surface area contributed by atoms with Crippen molar-refractivity contribution in [3.8, 4) is 0 Å². The van der Waals surface area contributed by atoms with Crippen molar-refractivity contribution in [2.24, 2.45) is 0 Å². The maximum absolute atomic E-state index is 12.3. The van der Waals surface area contributed by atoms with Crippen LogP contribution in [0.1, 0.15) is 20.7 Å². The van der Waals surface area contributed by atoms with Crippen LogP contribution in [0.4, 0.5) is 22.7 Å². The van der Waals surface area contributed by atoms with Gasteiger partial charge in [0, 0.05) is 46.8 Å². The minimum absolute atomic E-state index is 0.152. The first-order valence-corrected chi connectivity index (χ1v) is 8.55. The minimum Gasteiger partial charge on any atom is -0.322 e. The fourth-order valence-corrected chi connectivity index (χ4v) is 2.57. The highest BCUT2D eigenvalue weighted by Gasteiger charge is 2.13. The van der Waals surface area contributed by atoms with E-state index in [2.05, 4.69) is 10.6 Å². The van der Waals surface area contributed by atoms with Gasteiger partial charge >= 0.3 is 0 Å². The number of nitro groups is 2. The van der Waals surface area contributed by atoms with Crippen LogP contribution in [0.2, 0.25) is 0 Å². The Morgan fingerprint density at radius 3 is 1.33 bits per heavy atom. The number of carbonyl (C=O) groups excluding carboxylic acids is 2. The third-order valence-corrected chi connectivity index (χ3v) is 4.04. The summed E-state index contributed by atoms with van der Waals surface area (Å²) in [6.45, 7) is 0. The van der Waals surface area contributed by atoms with E-state index < -0.39 is 21.7 Å². The third-order valence-electron chi connectivity index (χ3n) is 4.04. The molecule has 0 spiro atoms. The zero-order valence-corrected chi connectivity index (χ0v) is 15.3. The molecule has 0 heterocycles. The average Bonchev–Trinajstić information content (AvgIpc) is 2.74. The zero-order valence-electron chi connectivity index (χ0n) is 15.3. The molecule has 0 bridgehead atoms. The number of hydrogen-bond donors (Lipinski definition) is 2. The molecular weight excluding hydrogens is 392 g/mol. The fourth-order valence-electron chi connectivity index (χ4n) is 2.57. The number of hydrogen-bond acceptors (Lipinski definition) is 6. The van der Waals surface area contributed by atoms with E-state index in [1.54, 1.807) is 0 Å². The van der Waals surface area contributed by atoms with Crippen LogP contribution in [-0.4, -0.2) is 21.7 Å². The summed E-state index contributed by atoms with van der Waals surface area (Å²) in [5, 5.41) is 26.7. The lowest BCUT2D eigenvalue weighted by Gasteiger charge is -2.07. The maximum atomic E-state index is 12.3. The summed E-state index contributed by atoms with van der Waals surface area (Å²) in [5.41, 5.74) is 0.715. The van der Waals surface area contributed by atoms with Gasteiger partial charge in [-0.1, -0.05) is 12.1 Å². The maximum Gasteiger partial charge on any atom is 0.271 e. The Morgan fingerprint density at radius 1 is 0.633 bits per heavy atom. The molecule has 0 aliphatic heterocycles.